The molecular formula is C21H34N2O2. The molecule has 0 aliphatic carbocycles. The van der Waals surface area contributed by atoms with Gasteiger partial charge in [-0.25, -0.2) is 0 Å². The summed E-state index contributed by atoms with van der Waals surface area (Å²) in [5.41, 5.74) is 1.03. The van der Waals surface area contributed by atoms with Crippen molar-refractivity contribution in [3.63, 3.8) is 0 Å². The molecule has 0 aliphatic heterocycles. The van der Waals surface area contributed by atoms with E-state index >= 15 is 0 Å². The van der Waals surface area contributed by atoms with E-state index in [1.54, 1.807) is 11.9 Å². The quantitative estimate of drug-likeness (QED) is 0.692. The molecule has 0 aliphatic rings. The molecule has 140 valence electrons. The van der Waals surface area contributed by atoms with Crippen molar-refractivity contribution in [2.24, 2.45) is 5.41 Å². The van der Waals surface area contributed by atoms with E-state index in [0.29, 0.717) is 19.4 Å². The Balaban J connectivity index is 2.69. The molecule has 0 saturated carbocycles. The molecule has 0 fully saturated rings. The number of benzene rings is 1. The number of hydrogen-bond acceptors (Lipinski definition) is 2. The molecular weight excluding hydrogens is 312 g/mol. The Morgan fingerprint density at radius 3 is 2.32 bits per heavy atom. The number of rotatable bonds is 10. The van der Waals surface area contributed by atoms with Gasteiger partial charge < -0.3 is 10.2 Å². The predicted octanol–water partition coefficient (Wildman–Crippen LogP) is 4.15. The molecule has 4 nitrogen and oxygen atoms in total. The highest BCUT2D eigenvalue weighted by atomic mass is 16.2. The van der Waals surface area contributed by atoms with Gasteiger partial charge in [0.05, 0.1) is 0 Å². The zero-order chi connectivity index (χ0) is 18.9. The molecule has 1 aromatic rings. The third-order valence-electron chi connectivity index (χ3n) is 4.59. The maximum absolute atomic E-state index is 12.7. The maximum Gasteiger partial charge on any atom is 0.243 e. The van der Waals surface area contributed by atoms with Gasteiger partial charge in [0.15, 0.2) is 0 Å². The molecule has 25 heavy (non-hydrogen) atoms. The fourth-order valence-corrected chi connectivity index (χ4v) is 3.15. The molecule has 1 unspecified atom stereocenters. The molecule has 1 N–H and O–H groups in total. The lowest BCUT2D eigenvalue weighted by Crippen LogP contribution is -2.48. The van der Waals surface area contributed by atoms with E-state index < -0.39 is 6.04 Å². The second-order valence-electron chi connectivity index (χ2n) is 7.60. The Bertz CT molecular complexity index is 540. The lowest BCUT2D eigenvalue weighted by atomic mass is 9.84. The van der Waals surface area contributed by atoms with Gasteiger partial charge in [0.25, 0.3) is 0 Å². The van der Waals surface area contributed by atoms with Crippen LogP contribution in [0, 0.1) is 5.41 Å². The Morgan fingerprint density at radius 1 is 1.12 bits per heavy atom. The molecule has 0 saturated heterocycles. The SMILES string of the molecule is CCCC(C(=O)NCc1ccccc1)N(C)C(=O)CC(C)(C)CCC. The molecule has 1 aromatic carbocycles. The first-order valence-electron chi connectivity index (χ1n) is 9.38. The smallest absolute Gasteiger partial charge is 0.243 e. The summed E-state index contributed by atoms with van der Waals surface area (Å²) in [6.07, 6.45) is 4.07. The van der Waals surface area contributed by atoms with Gasteiger partial charge in [0, 0.05) is 20.0 Å². The van der Waals surface area contributed by atoms with Crippen molar-refractivity contribution in [1.82, 2.24) is 10.2 Å². The summed E-state index contributed by atoms with van der Waals surface area (Å²) in [4.78, 5) is 27.0. The maximum atomic E-state index is 12.7. The van der Waals surface area contributed by atoms with Gasteiger partial charge in [-0.2, -0.15) is 0 Å². The van der Waals surface area contributed by atoms with Gasteiger partial charge in [0.2, 0.25) is 11.8 Å². The Kier molecular flexibility index (Phi) is 8.67. The third-order valence-corrected chi connectivity index (χ3v) is 4.59. The van der Waals surface area contributed by atoms with Crippen molar-refractivity contribution in [2.75, 3.05) is 7.05 Å². The highest BCUT2D eigenvalue weighted by molar-refractivity contribution is 5.87. The highest BCUT2D eigenvalue weighted by Gasteiger charge is 2.29. The number of likely N-dealkylation sites (N-methyl/N-ethyl adjacent to an activating group) is 1. The van der Waals surface area contributed by atoms with E-state index in [2.05, 4.69) is 26.1 Å². The third kappa shape index (κ3) is 7.29. The summed E-state index contributed by atoms with van der Waals surface area (Å²) < 4.78 is 0. The minimum atomic E-state index is -0.404. The number of carbonyl (C=O) groups is 2. The van der Waals surface area contributed by atoms with Crippen molar-refractivity contribution in [3.8, 4) is 0 Å². The van der Waals surface area contributed by atoms with Crippen LogP contribution >= 0.6 is 0 Å². The lowest BCUT2D eigenvalue weighted by Gasteiger charge is -2.31. The fraction of sp³-hybridized carbons (Fsp3) is 0.619. The first-order valence-corrected chi connectivity index (χ1v) is 9.38. The summed E-state index contributed by atoms with van der Waals surface area (Å²) in [7, 11) is 1.76. The number of carbonyl (C=O) groups excluding carboxylic acids is 2. The topological polar surface area (TPSA) is 49.4 Å². The molecule has 2 amide bonds. The van der Waals surface area contributed by atoms with Crippen LogP contribution in [-0.2, 0) is 16.1 Å². The van der Waals surface area contributed by atoms with Crippen molar-refractivity contribution in [1.29, 1.82) is 0 Å². The molecule has 1 rings (SSSR count). The second-order valence-corrected chi connectivity index (χ2v) is 7.60. The molecule has 0 spiro atoms. The molecule has 0 radical (unpaired) electrons. The van der Waals surface area contributed by atoms with Crippen LogP contribution in [0.4, 0.5) is 0 Å². The van der Waals surface area contributed by atoms with E-state index in [1.165, 1.54) is 0 Å². The van der Waals surface area contributed by atoms with Crippen LogP contribution in [0.25, 0.3) is 0 Å². The standard InChI is InChI=1S/C21H34N2O2/c1-6-11-18(20(25)22-16-17-12-9-8-10-13-17)23(5)19(24)15-21(3,4)14-7-2/h8-10,12-13,18H,6-7,11,14-16H2,1-5H3,(H,22,25). The van der Waals surface area contributed by atoms with E-state index in [0.717, 1.165) is 24.8 Å². The zero-order valence-electron chi connectivity index (χ0n) is 16.5. The van der Waals surface area contributed by atoms with Crippen molar-refractivity contribution < 1.29 is 9.59 Å². The second kappa shape index (κ2) is 10.2. The number of hydrogen-bond donors (Lipinski definition) is 1. The monoisotopic (exact) mass is 346 g/mol. The largest absolute Gasteiger partial charge is 0.350 e. The predicted molar refractivity (Wildman–Crippen MR) is 103 cm³/mol. The van der Waals surface area contributed by atoms with E-state index in [-0.39, 0.29) is 17.2 Å². The average molecular weight is 347 g/mol. The van der Waals surface area contributed by atoms with Crippen LogP contribution in [0.5, 0.6) is 0 Å². The van der Waals surface area contributed by atoms with Crippen LogP contribution in [0.1, 0.15) is 65.4 Å². The fourth-order valence-electron chi connectivity index (χ4n) is 3.15. The number of amides is 2. The average Bonchev–Trinajstić information content (AvgIpc) is 2.57. The van der Waals surface area contributed by atoms with E-state index in [9.17, 15) is 9.59 Å². The van der Waals surface area contributed by atoms with Gasteiger partial charge in [-0.05, 0) is 23.8 Å². The Morgan fingerprint density at radius 2 is 1.76 bits per heavy atom. The van der Waals surface area contributed by atoms with Crippen molar-refractivity contribution >= 4 is 11.8 Å². The van der Waals surface area contributed by atoms with Crippen LogP contribution in [-0.4, -0.2) is 29.8 Å². The molecule has 0 bridgehead atoms. The lowest BCUT2D eigenvalue weighted by molar-refractivity contribution is -0.140. The molecule has 1 atom stereocenters. The summed E-state index contributed by atoms with van der Waals surface area (Å²) in [6.45, 7) is 8.89. The van der Waals surface area contributed by atoms with Gasteiger partial charge in [-0.1, -0.05) is 70.9 Å². The van der Waals surface area contributed by atoms with Gasteiger partial charge in [-0.15, -0.1) is 0 Å². The van der Waals surface area contributed by atoms with E-state index in [4.69, 9.17) is 0 Å². The van der Waals surface area contributed by atoms with Gasteiger partial charge in [-0.3, -0.25) is 9.59 Å². The number of nitrogens with zero attached hydrogens (tertiary/aromatic N) is 1. The minimum Gasteiger partial charge on any atom is -0.350 e. The van der Waals surface area contributed by atoms with Gasteiger partial charge in [0.1, 0.15) is 6.04 Å². The summed E-state index contributed by atoms with van der Waals surface area (Å²) in [6, 6.07) is 9.43. The molecule has 0 aromatic heterocycles. The molecule has 4 heteroatoms. The first kappa shape index (κ1) is 21.2. The van der Waals surface area contributed by atoms with Gasteiger partial charge >= 0.3 is 0 Å². The minimum absolute atomic E-state index is 0.0304. The van der Waals surface area contributed by atoms with Crippen LogP contribution in [0.2, 0.25) is 0 Å². The van der Waals surface area contributed by atoms with Crippen LogP contribution in [0.3, 0.4) is 0 Å². The van der Waals surface area contributed by atoms with Crippen molar-refractivity contribution in [2.45, 2.75) is 72.4 Å². The summed E-state index contributed by atoms with van der Waals surface area (Å²) >= 11 is 0. The zero-order valence-corrected chi connectivity index (χ0v) is 16.5. The molecule has 0 heterocycles. The Labute approximate surface area is 153 Å². The summed E-state index contributed by atoms with van der Waals surface area (Å²) in [5.74, 6) is -0.0263. The van der Waals surface area contributed by atoms with Crippen LogP contribution in [0.15, 0.2) is 30.3 Å². The summed E-state index contributed by atoms with van der Waals surface area (Å²) in [5, 5.41) is 2.97. The van der Waals surface area contributed by atoms with Crippen LogP contribution < -0.4 is 5.32 Å². The number of nitrogens with one attached hydrogen (secondary N) is 1. The van der Waals surface area contributed by atoms with Crippen molar-refractivity contribution in [3.05, 3.63) is 35.9 Å². The Hall–Kier alpha value is -1.84. The normalized spacial score (nSPS) is 12.5. The highest BCUT2D eigenvalue weighted by Crippen LogP contribution is 2.27. The first-order chi connectivity index (χ1) is 11.8. The van der Waals surface area contributed by atoms with E-state index in [1.807, 2.05) is 37.3 Å².